The van der Waals surface area contributed by atoms with Gasteiger partial charge in [-0.25, -0.2) is 11.0 Å². The van der Waals surface area contributed by atoms with Crippen LogP contribution in [-0.2, 0) is 19.3 Å². The quantitative estimate of drug-likeness (QED) is 0.215. The fraction of sp³-hybridized carbons (Fsp3) is 0.312. The van der Waals surface area contributed by atoms with Gasteiger partial charge in [0.05, 0.1) is 0 Å². The first-order chi connectivity index (χ1) is 20.2. The van der Waals surface area contributed by atoms with Crippen molar-refractivity contribution in [3.8, 4) is 0 Å². The van der Waals surface area contributed by atoms with Crippen LogP contribution in [0.3, 0.4) is 0 Å². The minimum Gasteiger partial charge on any atom is -0.353 e. The van der Waals surface area contributed by atoms with Crippen molar-refractivity contribution in [1.82, 2.24) is 21.6 Å². The number of rotatable bonds is 14. The summed E-state index contributed by atoms with van der Waals surface area (Å²) in [7, 11) is 0. The molecule has 3 aromatic carbocycles. The van der Waals surface area contributed by atoms with Crippen LogP contribution in [0.15, 0.2) is 84.9 Å². The van der Waals surface area contributed by atoms with E-state index in [1.165, 1.54) is 24.3 Å². The van der Waals surface area contributed by atoms with Gasteiger partial charge in [0, 0.05) is 24.2 Å². The Morgan fingerprint density at radius 1 is 0.571 bits per heavy atom. The Morgan fingerprint density at radius 3 is 1.31 bits per heavy atom. The highest BCUT2D eigenvalue weighted by Crippen LogP contribution is 2.18. The van der Waals surface area contributed by atoms with E-state index in [2.05, 4.69) is 21.6 Å². The lowest BCUT2D eigenvalue weighted by molar-refractivity contribution is -0.137. The van der Waals surface area contributed by atoms with Crippen LogP contribution in [0.5, 0.6) is 0 Å². The third-order valence-electron chi connectivity index (χ3n) is 5.98. The fourth-order valence-corrected chi connectivity index (χ4v) is 3.74. The molecule has 0 radical (unpaired) electrons. The fourth-order valence-electron chi connectivity index (χ4n) is 3.74. The van der Waals surface area contributed by atoms with Gasteiger partial charge in [0.15, 0.2) is 12.2 Å². The van der Waals surface area contributed by atoms with Gasteiger partial charge in [-0.05, 0) is 41.2 Å². The largest absolute Gasteiger partial charge is 0.353 e. The van der Waals surface area contributed by atoms with Gasteiger partial charge in [-0.2, -0.15) is 0 Å². The molecule has 0 aromatic heterocycles. The minimum absolute atomic E-state index is 0.117. The molecule has 10 heteroatoms. The molecular formula is C32H38N4O6. The van der Waals surface area contributed by atoms with Gasteiger partial charge in [-0.15, -0.1) is 0 Å². The highest BCUT2D eigenvalue weighted by atomic mass is 16.7. The molecule has 0 spiro atoms. The number of hydrogen-bond donors (Lipinski definition) is 4. The standard InChI is InChI=1S/C32H38N4O6/c1-21(2)19-33-31(39)27(23-12-7-5-8-13-23)41-35-29(37)25-16-11-17-26(18-25)30(38)36-42-28(24-14-9-6-10-15-24)32(40)34-20-22(3)4/h5-18,21-22,27-28H,19-20H2,1-4H3,(H,33,39)(H,34,40)(H,35,37)(H,36,38)/t27-,28?/m1/s1. The number of hydroxylamine groups is 2. The van der Waals surface area contributed by atoms with Crippen molar-refractivity contribution in [2.45, 2.75) is 39.9 Å². The van der Waals surface area contributed by atoms with E-state index in [0.717, 1.165) is 0 Å². The Balaban J connectivity index is 1.67. The monoisotopic (exact) mass is 574 g/mol. The molecule has 1 unspecified atom stereocenters. The molecule has 10 nitrogen and oxygen atoms in total. The predicted octanol–water partition coefficient (Wildman–Crippen LogP) is 4.04. The molecule has 0 aliphatic heterocycles. The Labute approximate surface area is 246 Å². The van der Waals surface area contributed by atoms with E-state index < -0.39 is 35.8 Å². The van der Waals surface area contributed by atoms with Crippen molar-refractivity contribution in [1.29, 1.82) is 0 Å². The highest BCUT2D eigenvalue weighted by Gasteiger charge is 2.25. The molecule has 3 rings (SSSR count). The lowest BCUT2D eigenvalue weighted by Crippen LogP contribution is -2.37. The first-order valence-electron chi connectivity index (χ1n) is 13.8. The average molecular weight is 575 g/mol. The summed E-state index contributed by atoms with van der Waals surface area (Å²) < 4.78 is 0. The van der Waals surface area contributed by atoms with Crippen LogP contribution in [0.2, 0.25) is 0 Å². The van der Waals surface area contributed by atoms with E-state index >= 15 is 0 Å². The SMILES string of the molecule is CC(C)CNC(=O)C(ONC(=O)c1cccc(C(=O)NO[C@@H](C(=O)NCC(C)C)c2ccccc2)c1)c1ccccc1. The van der Waals surface area contributed by atoms with E-state index in [-0.39, 0.29) is 23.0 Å². The third kappa shape index (κ3) is 9.83. The molecule has 0 heterocycles. The molecule has 0 aliphatic rings. The molecular weight excluding hydrogens is 536 g/mol. The molecule has 2 atom stereocenters. The Kier molecular flexibility index (Phi) is 12.2. The summed E-state index contributed by atoms with van der Waals surface area (Å²) in [6.07, 6.45) is -2.16. The molecule has 3 aromatic rings. The second-order valence-corrected chi connectivity index (χ2v) is 10.5. The van der Waals surface area contributed by atoms with Crippen LogP contribution in [0.4, 0.5) is 0 Å². The van der Waals surface area contributed by atoms with Gasteiger partial charge in [0.25, 0.3) is 23.6 Å². The van der Waals surface area contributed by atoms with Gasteiger partial charge in [0.2, 0.25) is 0 Å². The van der Waals surface area contributed by atoms with E-state index in [9.17, 15) is 19.2 Å². The highest BCUT2D eigenvalue weighted by molar-refractivity contribution is 5.99. The molecule has 0 saturated carbocycles. The Morgan fingerprint density at radius 2 is 0.952 bits per heavy atom. The van der Waals surface area contributed by atoms with Gasteiger partial charge >= 0.3 is 0 Å². The number of benzene rings is 3. The normalized spacial score (nSPS) is 12.3. The van der Waals surface area contributed by atoms with Crippen LogP contribution in [0, 0.1) is 11.8 Å². The second-order valence-electron chi connectivity index (χ2n) is 10.5. The van der Waals surface area contributed by atoms with Crippen LogP contribution < -0.4 is 21.6 Å². The Hall–Kier alpha value is -4.54. The predicted molar refractivity (Wildman–Crippen MR) is 158 cm³/mol. The molecule has 0 saturated heterocycles. The molecule has 0 bridgehead atoms. The van der Waals surface area contributed by atoms with Crippen LogP contribution in [0.1, 0.15) is 71.7 Å². The first kappa shape index (κ1) is 32.0. The number of carbonyl (C=O) groups is 4. The summed E-state index contributed by atoms with van der Waals surface area (Å²) in [6.45, 7) is 8.78. The smallest absolute Gasteiger partial charge is 0.274 e. The second kappa shape index (κ2) is 16.0. The van der Waals surface area contributed by atoms with Crippen molar-refractivity contribution in [2.75, 3.05) is 13.1 Å². The van der Waals surface area contributed by atoms with E-state index in [1.54, 1.807) is 48.5 Å². The lowest BCUT2D eigenvalue weighted by Gasteiger charge is -2.19. The van der Waals surface area contributed by atoms with Crippen molar-refractivity contribution in [3.63, 3.8) is 0 Å². The third-order valence-corrected chi connectivity index (χ3v) is 5.98. The number of amides is 4. The van der Waals surface area contributed by atoms with E-state index in [0.29, 0.717) is 24.2 Å². The van der Waals surface area contributed by atoms with E-state index in [4.69, 9.17) is 9.68 Å². The number of hydrogen-bond acceptors (Lipinski definition) is 6. The molecule has 4 amide bonds. The number of nitrogens with one attached hydrogen (secondary N) is 4. The van der Waals surface area contributed by atoms with Gasteiger partial charge in [-0.3, -0.25) is 28.9 Å². The lowest BCUT2D eigenvalue weighted by atomic mass is 10.1. The summed E-state index contributed by atoms with van der Waals surface area (Å²) in [4.78, 5) is 62.6. The summed E-state index contributed by atoms with van der Waals surface area (Å²) in [5.74, 6) is -1.64. The maximum Gasteiger partial charge on any atom is 0.274 e. The molecule has 4 N–H and O–H groups in total. The molecule has 42 heavy (non-hydrogen) atoms. The van der Waals surface area contributed by atoms with Crippen molar-refractivity contribution < 1.29 is 28.9 Å². The number of carbonyl (C=O) groups excluding carboxylic acids is 4. The average Bonchev–Trinajstić information content (AvgIpc) is 3.00. The zero-order valence-electron chi connectivity index (χ0n) is 24.3. The zero-order valence-corrected chi connectivity index (χ0v) is 24.3. The maximum atomic E-state index is 12.9. The summed E-state index contributed by atoms with van der Waals surface area (Å²) >= 11 is 0. The van der Waals surface area contributed by atoms with Crippen molar-refractivity contribution >= 4 is 23.6 Å². The van der Waals surface area contributed by atoms with Crippen LogP contribution in [-0.4, -0.2) is 36.7 Å². The maximum absolute atomic E-state index is 12.9. The van der Waals surface area contributed by atoms with E-state index in [1.807, 2.05) is 39.8 Å². The van der Waals surface area contributed by atoms with Crippen LogP contribution >= 0.6 is 0 Å². The molecule has 0 fully saturated rings. The van der Waals surface area contributed by atoms with Crippen molar-refractivity contribution in [2.24, 2.45) is 11.8 Å². The Bertz CT molecular complexity index is 1230. The summed E-state index contributed by atoms with van der Waals surface area (Å²) in [6, 6.07) is 23.5. The topological polar surface area (TPSA) is 135 Å². The van der Waals surface area contributed by atoms with Gasteiger partial charge in [0.1, 0.15) is 0 Å². The van der Waals surface area contributed by atoms with Gasteiger partial charge < -0.3 is 10.6 Å². The van der Waals surface area contributed by atoms with Crippen molar-refractivity contribution in [3.05, 3.63) is 107 Å². The van der Waals surface area contributed by atoms with Gasteiger partial charge in [-0.1, -0.05) is 94.4 Å². The first-order valence-corrected chi connectivity index (χ1v) is 13.8. The molecule has 222 valence electrons. The van der Waals surface area contributed by atoms with Crippen LogP contribution in [0.25, 0.3) is 0 Å². The summed E-state index contributed by atoms with van der Waals surface area (Å²) in [5.41, 5.74) is 6.02. The summed E-state index contributed by atoms with van der Waals surface area (Å²) in [5, 5.41) is 5.63. The zero-order chi connectivity index (χ0) is 30.5. The minimum atomic E-state index is -1.08. The molecule has 0 aliphatic carbocycles.